The second-order valence-corrected chi connectivity index (χ2v) is 9.26. The fraction of sp³-hybridized carbons (Fsp3) is 0.458. The molecule has 0 amide bonds. The number of hydrogen-bond donors (Lipinski definition) is 1. The van der Waals surface area contributed by atoms with Crippen LogP contribution < -0.4 is 0 Å². The Labute approximate surface area is 182 Å². The van der Waals surface area contributed by atoms with Gasteiger partial charge in [0.15, 0.2) is 5.78 Å². The van der Waals surface area contributed by atoms with Gasteiger partial charge in [0.25, 0.3) is 0 Å². The molecule has 0 unspecified atom stereocenters. The molecule has 2 aromatic rings. The number of halogens is 2. The Balaban J connectivity index is 1.67. The van der Waals surface area contributed by atoms with Crippen LogP contribution in [0.4, 0.5) is 0 Å². The van der Waals surface area contributed by atoms with Gasteiger partial charge in [-0.2, -0.15) is 0 Å². The molecule has 0 spiro atoms. The first-order valence-corrected chi connectivity index (χ1v) is 11.3. The lowest BCUT2D eigenvalue weighted by Gasteiger charge is -2.47. The Morgan fingerprint density at radius 2 is 1.52 bits per heavy atom. The van der Waals surface area contributed by atoms with E-state index in [-0.39, 0.29) is 5.78 Å². The number of benzene rings is 2. The molecule has 1 saturated carbocycles. The molecule has 1 aliphatic carbocycles. The molecule has 1 saturated heterocycles. The third-order valence-corrected chi connectivity index (χ3v) is 7.16. The molecule has 2 fully saturated rings. The molecule has 29 heavy (non-hydrogen) atoms. The van der Waals surface area contributed by atoms with E-state index in [1.54, 1.807) is 36.4 Å². The summed E-state index contributed by atoms with van der Waals surface area (Å²) in [5.74, 6) is -0.555. The van der Waals surface area contributed by atoms with Crippen LogP contribution in [0.15, 0.2) is 48.5 Å². The van der Waals surface area contributed by atoms with Crippen LogP contribution >= 0.6 is 23.2 Å². The molecule has 154 valence electrons. The highest BCUT2D eigenvalue weighted by molar-refractivity contribution is 6.30. The maximum Gasteiger partial charge on any atom is 0.170 e. The molecule has 1 heterocycles. The maximum absolute atomic E-state index is 13.5. The molecule has 2 atom stereocenters. The van der Waals surface area contributed by atoms with E-state index in [4.69, 9.17) is 23.2 Å². The van der Waals surface area contributed by atoms with Gasteiger partial charge >= 0.3 is 0 Å². The third-order valence-electron chi connectivity index (χ3n) is 6.65. The number of Topliss-reactive ketones (excluding diaryl/α,β-unsaturated/α-hetero) is 1. The predicted octanol–water partition coefficient (Wildman–Crippen LogP) is 5.72. The topological polar surface area (TPSA) is 40.5 Å². The third kappa shape index (κ3) is 4.39. The molecule has 1 N–H and O–H groups in total. The van der Waals surface area contributed by atoms with Gasteiger partial charge in [0, 0.05) is 34.7 Å². The zero-order valence-electron chi connectivity index (χ0n) is 16.5. The van der Waals surface area contributed by atoms with Gasteiger partial charge in [0.1, 0.15) is 5.60 Å². The average Bonchev–Trinajstić information content (AvgIpc) is 2.75. The molecule has 0 radical (unpaired) electrons. The largest absolute Gasteiger partial charge is 0.384 e. The first-order valence-electron chi connectivity index (χ1n) is 10.5. The smallest absolute Gasteiger partial charge is 0.170 e. The van der Waals surface area contributed by atoms with Crippen molar-refractivity contribution in [3.63, 3.8) is 0 Å². The number of aliphatic hydroxyl groups is 1. The van der Waals surface area contributed by atoms with E-state index in [9.17, 15) is 9.90 Å². The first kappa shape index (κ1) is 20.9. The number of likely N-dealkylation sites (tertiary alicyclic amines) is 1. The van der Waals surface area contributed by atoms with Crippen molar-refractivity contribution in [3.8, 4) is 0 Å². The normalized spacial score (nSPS) is 26.4. The van der Waals surface area contributed by atoms with Crippen LogP contribution in [0.5, 0.6) is 0 Å². The molecule has 4 rings (SSSR count). The van der Waals surface area contributed by atoms with E-state index in [0.29, 0.717) is 34.6 Å². The number of carbonyl (C=O) groups excluding carboxylic acids is 1. The summed E-state index contributed by atoms with van der Waals surface area (Å²) in [6.45, 7) is 1.37. The van der Waals surface area contributed by atoms with Gasteiger partial charge in [0.2, 0.25) is 0 Å². The van der Waals surface area contributed by atoms with E-state index in [1.807, 2.05) is 12.1 Å². The van der Waals surface area contributed by atoms with Gasteiger partial charge in [-0.3, -0.25) is 9.69 Å². The van der Waals surface area contributed by atoms with Crippen LogP contribution in [0.25, 0.3) is 0 Å². The Hall–Kier alpha value is -1.39. The molecule has 5 heteroatoms. The zero-order chi connectivity index (χ0) is 20.4. The van der Waals surface area contributed by atoms with E-state index < -0.39 is 11.5 Å². The molecule has 0 aromatic heterocycles. The van der Waals surface area contributed by atoms with Crippen molar-refractivity contribution in [2.75, 3.05) is 13.1 Å². The first-order chi connectivity index (χ1) is 14.0. The van der Waals surface area contributed by atoms with Crippen molar-refractivity contribution in [3.05, 3.63) is 69.7 Å². The summed E-state index contributed by atoms with van der Waals surface area (Å²) in [6.07, 6.45) is 6.70. The van der Waals surface area contributed by atoms with Crippen LogP contribution in [0.3, 0.4) is 0 Å². The van der Waals surface area contributed by atoms with Gasteiger partial charge in [0.05, 0.1) is 5.92 Å². The summed E-state index contributed by atoms with van der Waals surface area (Å²) in [5.41, 5.74) is 0.154. The highest BCUT2D eigenvalue weighted by Crippen LogP contribution is 2.41. The van der Waals surface area contributed by atoms with Gasteiger partial charge in [-0.25, -0.2) is 0 Å². The number of ketones is 1. The van der Waals surface area contributed by atoms with Crippen molar-refractivity contribution in [2.24, 2.45) is 5.92 Å². The van der Waals surface area contributed by atoms with Gasteiger partial charge in [-0.1, -0.05) is 54.6 Å². The lowest BCUT2D eigenvalue weighted by atomic mass is 9.72. The maximum atomic E-state index is 13.5. The quantitative estimate of drug-likeness (QED) is 0.629. The van der Waals surface area contributed by atoms with Crippen LogP contribution in [-0.2, 0) is 5.60 Å². The average molecular weight is 432 g/mol. The number of hydrogen-bond acceptors (Lipinski definition) is 3. The molecular formula is C24H27Cl2NO2. The summed E-state index contributed by atoms with van der Waals surface area (Å²) >= 11 is 12.1. The van der Waals surface area contributed by atoms with Crippen LogP contribution in [0.1, 0.15) is 54.4 Å². The molecular weight excluding hydrogens is 405 g/mol. The zero-order valence-corrected chi connectivity index (χ0v) is 18.0. The minimum Gasteiger partial charge on any atom is -0.384 e. The van der Waals surface area contributed by atoms with E-state index in [0.717, 1.165) is 12.1 Å². The summed E-state index contributed by atoms with van der Waals surface area (Å²) in [5, 5.41) is 13.0. The Morgan fingerprint density at radius 3 is 2.14 bits per heavy atom. The highest BCUT2D eigenvalue weighted by atomic mass is 35.5. The Morgan fingerprint density at radius 1 is 0.931 bits per heavy atom. The Bertz CT molecular complexity index is 846. The van der Waals surface area contributed by atoms with Crippen molar-refractivity contribution in [2.45, 2.75) is 50.2 Å². The van der Waals surface area contributed by atoms with E-state index >= 15 is 0 Å². The standard InChI is InChI=1S/C24H27Cl2NO2/c25-19-10-6-17(7-11-19)23(28)22-16-27(21-4-2-1-3-5-21)15-14-24(22,29)18-8-12-20(26)13-9-18/h6-13,21-22,29H,1-5,14-16H2/t22-,24+/m1/s1. The fourth-order valence-electron chi connectivity index (χ4n) is 4.94. The summed E-state index contributed by atoms with van der Waals surface area (Å²) in [6, 6.07) is 14.8. The molecule has 0 bridgehead atoms. The van der Waals surface area contributed by atoms with Crippen molar-refractivity contribution < 1.29 is 9.90 Å². The monoisotopic (exact) mass is 431 g/mol. The predicted molar refractivity (Wildman–Crippen MR) is 118 cm³/mol. The van der Waals surface area contributed by atoms with Crippen LogP contribution in [0.2, 0.25) is 10.0 Å². The lowest BCUT2D eigenvalue weighted by molar-refractivity contribution is -0.0749. The van der Waals surface area contributed by atoms with Crippen LogP contribution in [-0.4, -0.2) is 34.9 Å². The van der Waals surface area contributed by atoms with Crippen molar-refractivity contribution in [1.82, 2.24) is 4.90 Å². The number of piperidine rings is 1. The van der Waals surface area contributed by atoms with Gasteiger partial charge in [-0.05, 0) is 61.2 Å². The molecule has 1 aliphatic heterocycles. The second-order valence-electron chi connectivity index (χ2n) is 8.39. The SMILES string of the molecule is O=C(c1ccc(Cl)cc1)[C@H]1CN(C2CCCCC2)CC[C@]1(O)c1ccc(Cl)cc1. The highest BCUT2D eigenvalue weighted by Gasteiger charge is 2.47. The minimum absolute atomic E-state index is 0.0281. The lowest BCUT2D eigenvalue weighted by Crippen LogP contribution is -2.55. The summed E-state index contributed by atoms with van der Waals surface area (Å²) in [4.78, 5) is 16.0. The van der Waals surface area contributed by atoms with E-state index in [2.05, 4.69) is 4.90 Å². The number of nitrogens with zero attached hydrogens (tertiary/aromatic N) is 1. The van der Waals surface area contributed by atoms with Crippen LogP contribution in [0, 0.1) is 5.92 Å². The van der Waals surface area contributed by atoms with Crippen molar-refractivity contribution >= 4 is 29.0 Å². The second kappa shape index (κ2) is 8.77. The molecule has 2 aliphatic rings. The summed E-state index contributed by atoms with van der Waals surface area (Å²) in [7, 11) is 0. The molecule has 3 nitrogen and oxygen atoms in total. The molecule has 2 aromatic carbocycles. The van der Waals surface area contributed by atoms with Crippen molar-refractivity contribution in [1.29, 1.82) is 0 Å². The Kier molecular flexibility index (Phi) is 6.31. The van der Waals surface area contributed by atoms with Gasteiger partial charge < -0.3 is 5.11 Å². The van der Waals surface area contributed by atoms with E-state index in [1.165, 1.54) is 32.1 Å². The van der Waals surface area contributed by atoms with Gasteiger partial charge in [-0.15, -0.1) is 0 Å². The minimum atomic E-state index is -1.20. The number of rotatable bonds is 4. The fourth-order valence-corrected chi connectivity index (χ4v) is 5.19. The summed E-state index contributed by atoms with van der Waals surface area (Å²) < 4.78 is 0. The number of carbonyl (C=O) groups is 1.